The van der Waals surface area contributed by atoms with Crippen LogP contribution in [0.1, 0.15) is 26.7 Å². The lowest BCUT2D eigenvalue weighted by Crippen LogP contribution is -1.99. The third kappa shape index (κ3) is 3.06. The van der Waals surface area contributed by atoms with E-state index in [9.17, 15) is 0 Å². The fraction of sp³-hybridized carbons (Fsp3) is 0.385. The van der Waals surface area contributed by atoms with Gasteiger partial charge in [0, 0.05) is 5.92 Å². The van der Waals surface area contributed by atoms with Gasteiger partial charge in [0.05, 0.1) is 0 Å². The molecule has 1 atom stereocenters. The van der Waals surface area contributed by atoms with Crippen LogP contribution in [0.2, 0.25) is 0 Å². The largest absolute Gasteiger partial charge is 0.0874 e. The van der Waals surface area contributed by atoms with E-state index in [2.05, 4.69) is 56.4 Å². The van der Waals surface area contributed by atoms with Gasteiger partial charge in [0.15, 0.2) is 0 Å². The lowest BCUT2D eigenvalue weighted by atomic mass is 9.91. The van der Waals surface area contributed by atoms with E-state index in [-0.39, 0.29) is 0 Å². The molecule has 0 aliphatic heterocycles. The molecule has 0 N–H and O–H groups in total. The second-order valence-corrected chi connectivity index (χ2v) is 3.27. The summed E-state index contributed by atoms with van der Waals surface area (Å²) in [6.45, 7) is 4.26. The summed E-state index contributed by atoms with van der Waals surface area (Å²) in [5.41, 5.74) is 1.45. The van der Waals surface area contributed by atoms with Crippen molar-refractivity contribution in [1.82, 2.24) is 0 Å². The van der Waals surface area contributed by atoms with Crippen LogP contribution in [0.25, 0.3) is 0 Å². The fourth-order valence-corrected chi connectivity index (χ4v) is 1.60. The van der Waals surface area contributed by atoms with Crippen LogP contribution in [0.3, 0.4) is 0 Å². The van der Waals surface area contributed by atoms with Gasteiger partial charge in [-0.05, 0) is 25.3 Å². The molecule has 0 aromatic heterocycles. The molecule has 70 valence electrons. The molecule has 1 rings (SSSR count). The van der Waals surface area contributed by atoms with Gasteiger partial charge in [0.2, 0.25) is 0 Å². The van der Waals surface area contributed by atoms with Crippen molar-refractivity contribution >= 4 is 0 Å². The predicted molar refractivity (Wildman–Crippen MR) is 59.6 cm³/mol. The number of hydrogen-bond acceptors (Lipinski definition) is 0. The molecule has 0 spiro atoms. The Morgan fingerprint density at radius 2 is 2.31 bits per heavy atom. The Bertz CT molecular complexity index is 251. The van der Waals surface area contributed by atoms with Crippen molar-refractivity contribution in [3.63, 3.8) is 0 Å². The first-order valence-electron chi connectivity index (χ1n) is 5.04. The minimum atomic E-state index is 0.598. The van der Waals surface area contributed by atoms with Crippen LogP contribution in [0.5, 0.6) is 0 Å². The summed E-state index contributed by atoms with van der Waals surface area (Å²) in [7, 11) is 0. The first kappa shape index (κ1) is 10.0. The van der Waals surface area contributed by atoms with E-state index < -0.39 is 0 Å². The van der Waals surface area contributed by atoms with Crippen molar-refractivity contribution < 1.29 is 0 Å². The molecule has 0 nitrogen and oxygen atoms in total. The van der Waals surface area contributed by atoms with Crippen molar-refractivity contribution in [3.05, 3.63) is 48.1 Å². The lowest BCUT2D eigenvalue weighted by Gasteiger charge is -2.14. The van der Waals surface area contributed by atoms with Crippen LogP contribution in [-0.4, -0.2) is 0 Å². The molecule has 1 unspecified atom stereocenters. The molecule has 0 amide bonds. The molecule has 1 aliphatic carbocycles. The highest BCUT2D eigenvalue weighted by atomic mass is 14.1. The van der Waals surface area contributed by atoms with Crippen molar-refractivity contribution in [2.24, 2.45) is 5.92 Å². The van der Waals surface area contributed by atoms with E-state index in [1.165, 1.54) is 5.57 Å². The molecule has 0 fully saturated rings. The van der Waals surface area contributed by atoms with Gasteiger partial charge in [-0.25, -0.2) is 0 Å². The van der Waals surface area contributed by atoms with Crippen LogP contribution < -0.4 is 0 Å². The summed E-state index contributed by atoms with van der Waals surface area (Å²) < 4.78 is 0. The molecular formula is C13H18. The highest BCUT2D eigenvalue weighted by Crippen LogP contribution is 2.22. The Morgan fingerprint density at radius 1 is 1.46 bits per heavy atom. The first-order chi connectivity index (χ1) is 6.38. The van der Waals surface area contributed by atoms with Gasteiger partial charge >= 0.3 is 0 Å². The normalized spacial score (nSPS) is 22.9. The molecule has 0 aromatic carbocycles. The minimum absolute atomic E-state index is 0.598. The molecule has 0 radical (unpaired) electrons. The molecule has 0 saturated heterocycles. The Kier molecular flexibility index (Phi) is 4.31. The van der Waals surface area contributed by atoms with Crippen LogP contribution >= 0.6 is 0 Å². The number of allylic oxidation sites excluding steroid dienone is 8. The van der Waals surface area contributed by atoms with Crippen LogP contribution in [-0.2, 0) is 0 Å². The van der Waals surface area contributed by atoms with Gasteiger partial charge < -0.3 is 0 Å². The van der Waals surface area contributed by atoms with E-state index in [1.54, 1.807) is 0 Å². The molecule has 0 aromatic rings. The van der Waals surface area contributed by atoms with E-state index in [4.69, 9.17) is 0 Å². The summed E-state index contributed by atoms with van der Waals surface area (Å²) in [4.78, 5) is 0. The Morgan fingerprint density at radius 3 is 2.85 bits per heavy atom. The van der Waals surface area contributed by atoms with Crippen molar-refractivity contribution in [3.8, 4) is 0 Å². The summed E-state index contributed by atoms with van der Waals surface area (Å²) >= 11 is 0. The maximum absolute atomic E-state index is 2.31. The summed E-state index contributed by atoms with van der Waals surface area (Å²) in [5, 5.41) is 0. The van der Waals surface area contributed by atoms with E-state index >= 15 is 0 Å². The predicted octanol–water partition coefficient (Wildman–Crippen LogP) is 4.03. The van der Waals surface area contributed by atoms with Crippen LogP contribution in [0.15, 0.2) is 48.1 Å². The van der Waals surface area contributed by atoms with Crippen LogP contribution in [0, 0.1) is 5.92 Å². The van der Waals surface area contributed by atoms with Crippen molar-refractivity contribution in [1.29, 1.82) is 0 Å². The monoisotopic (exact) mass is 174 g/mol. The van der Waals surface area contributed by atoms with Gasteiger partial charge in [-0.3, -0.25) is 0 Å². The fourth-order valence-electron chi connectivity index (χ4n) is 1.60. The smallest absolute Gasteiger partial charge is 0.00524 e. The highest BCUT2D eigenvalue weighted by molar-refractivity contribution is 5.29. The van der Waals surface area contributed by atoms with Gasteiger partial charge in [-0.15, -0.1) is 0 Å². The zero-order chi connectivity index (χ0) is 9.52. The van der Waals surface area contributed by atoms with Crippen LogP contribution in [0.4, 0.5) is 0 Å². The molecule has 0 heterocycles. The Balaban J connectivity index is 2.70. The minimum Gasteiger partial charge on any atom is -0.0874 e. The van der Waals surface area contributed by atoms with Gasteiger partial charge in [-0.2, -0.15) is 0 Å². The van der Waals surface area contributed by atoms with Gasteiger partial charge in [0.25, 0.3) is 0 Å². The maximum Gasteiger partial charge on any atom is 0.00524 e. The third-order valence-corrected chi connectivity index (χ3v) is 2.21. The standard InChI is InChI=1S/C13H18/c1-3-8-12(9-4-2)13-10-6-5-7-11-13/h3,5-10,13H,4,11H2,1-2H3/b8-3-,12-9+. The maximum atomic E-state index is 2.31. The van der Waals surface area contributed by atoms with Crippen molar-refractivity contribution in [2.75, 3.05) is 0 Å². The number of rotatable bonds is 3. The third-order valence-electron chi connectivity index (χ3n) is 2.21. The Labute approximate surface area is 81.4 Å². The molecule has 0 heteroatoms. The van der Waals surface area contributed by atoms with E-state index in [0.717, 1.165) is 12.8 Å². The molecule has 13 heavy (non-hydrogen) atoms. The quantitative estimate of drug-likeness (QED) is 0.567. The molecule has 0 bridgehead atoms. The summed E-state index contributed by atoms with van der Waals surface area (Å²) in [6.07, 6.45) is 17.7. The second-order valence-electron chi connectivity index (χ2n) is 3.27. The van der Waals surface area contributed by atoms with Gasteiger partial charge in [-0.1, -0.05) is 49.5 Å². The van der Waals surface area contributed by atoms with Gasteiger partial charge in [0.1, 0.15) is 0 Å². The van der Waals surface area contributed by atoms with Crippen molar-refractivity contribution in [2.45, 2.75) is 26.7 Å². The Hall–Kier alpha value is -1.04. The summed E-state index contributed by atoms with van der Waals surface area (Å²) in [6, 6.07) is 0. The lowest BCUT2D eigenvalue weighted by molar-refractivity contribution is 0.781. The number of hydrogen-bond donors (Lipinski definition) is 0. The topological polar surface area (TPSA) is 0 Å². The average molecular weight is 174 g/mol. The average Bonchev–Trinajstić information content (AvgIpc) is 2.19. The van der Waals surface area contributed by atoms with E-state index in [1.807, 2.05) is 0 Å². The highest BCUT2D eigenvalue weighted by Gasteiger charge is 2.07. The van der Waals surface area contributed by atoms with E-state index in [0.29, 0.717) is 5.92 Å². The zero-order valence-electron chi connectivity index (χ0n) is 8.53. The molecule has 0 saturated carbocycles. The zero-order valence-corrected chi connectivity index (χ0v) is 8.53. The molecular weight excluding hydrogens is 156 g/mol. The summed E-state index contributed by atoms with van der Waals surface area (Å²) in [5.74, 6) is 0.598. The second kappa shape index (κ2) is 5.58. The first-order valence-corrected chi connectivity index (χ1v) is 5.04. The molecule has 1 aliphatic rings. The SMILES string of the molecule is C/C=C\C(=C/CC)C1C=CC=CC1.